The molecule has 2 atom stereocenters. The molecule has 0 rings (SSSR count). The molecule has 5 nitrogen and oxygen atoms in total. The normalized spacial score (nSPS) is 16.7. The largest absolute Gasteiger partial charge is 0.388 e. The van der Waals surface area contributed by atoms with Crippen LogP contribution < -0.4 is 10.6 Å². The van der Waals surface area contributed by atoms with Gasteiger partial charge in [-0.2, -0.15) is 0 Å². The minimum absolute atomic E-state index is 0.0307. The lowest BCUT2D eigenvalue weighted by atomic mass is 10.1. The number of likely N-dealkylation sites (N-methyl/N-ethyl adjacent to an activating group) is 1. The molecule has 18 heavy (non-hydrogen) atoms. The van der Waals surface area contributed by atoms with E-state index in [-0.39, 0.29) is 18.5 Å². The number of nitrogens with zero attached hydrogens (tertiary/aromatic N) is 1. The number of aliphatic hydroxyl groups is 1. The molecule has 0 saturated carbocycles. The van der Waals surface area contributed by atoms with E-state index >= 15 is 0 Å². The van der Waals surface area contributed by atoms with Crippen molar-refractivity contribution in [3.05, 3.63) is 0 Å². The number of nitrogens with one attached hydrogen (secondary N) is 2. The number of carbonyl (C=O) groups is 1. The van der Waals surface area contributed by atoms with Gasteiger partial charge in [-0.25, -0.2) is 0 Å². The fourth-order valence-corrected chi connectivity index (χ4v) is 1.65. The summed E-state index contributed by atoms with van der Waals surface area (Å²) in [6.07, 6.45) is 0. The Hall–Kier alpha value is -0.650. The molecule has 0 fully saturated rings. The SMILES string of the molecule is CC(C)C(C)NC(=O)CNCC(C)(O)CN(C)C. The van der Waals surface area contributed by atoms with Crippen molar-refractivity contribution in [2.75, 3.05) is 33.7 Å². The van der Waals surface area contributed by atoms with Crippen LogP contribution in [-0.2, 0) is 4.79 Å². The third-order valence-electron chi connectivity index (χ3n) is 2.84. The molecule has 0 saturated heterocycles. The molecule has 108 valence electrons. The molecule has 5 heteroatoms. The zero-order chi connectivity index (χ0) is 14.3. The first-order valence-electron chi connectivity index (χ1n) is 6.51. The van der Waals surface area contributed by atoms with Gasteiger partial charge in [0.05, 0.1) is 12.1 Å². The van der Waals surface area contributed by atoms with Crippen LogP contribution in [0.3, 0.4) is 0 Å². The van der Waals surface area contributed by atoms with Crippen molar-refractivity contribution in [2.45, 2.75) is 39.3 Å². The van der Waals surface area contributed by atoms with E-state index in [1.165, 1.54) is 0 Å². The van der Waals surface area contributed by atoms with E-state index in [0.717, 1.165) is 0 Å². The minimum atomic E-state index is -0.826. The molecule has 0 aliphatic carbocycles. The average Bonchev–Trinajstić information content (AvgIpc) is 2.14. The molecule has 3 N–H and O–H groups in total. The summed E-state index contributed by atoms with van der Waals surface area (Å²) in [7, 11) is 3.82. The summed E-state index contributed by atoms with van der Waals surface area (Å²) in [5, 5.41) is 15.9. The molecule has 0 radical (unpaired) electrons. The Morgan fingerprint density at radius 2 is 1.89 bits per heavy atom. The summed E-state index contributed by atoms with van der Waals surface area (Å²) < 4.78 is 0. The highest BCUT2D eigenvalue weighted by Crippen LogP contribution is 2.02. The maximum Gasteiger partial charge on any atom is 0.234 e. The average molecular weight is 259 g/mol. The predicted octanol–water partition coefficient (Wildman–Crippen LogP) is 0.0493. The van der Waals surface area contributed by atoms with Crippen LogP contribution in [0.1, 0.15) is 27.7 Å². The topological polar surface area (TPSA) is 64.6 Å². The van der Waals surface area contributed by atoms with Crippen LogP contribution in [-0.4, -0.2) is 61.3 Å². The van der Waals surface area contributed by atoms with Gasteiger partial charge in [-0.05, 0) is 33.9 Å². The first-order valence-corrected chi connectivity index (χ1v) is 6.51. The van der Waals surface area contributed by atoms with E-state index in [1.54, 1.807) is 6.92 Å². The number of amides is 1. The van der Waals surface area contributed by atoms with E-state index in [1.807, 2.05) is 25.9 Å². The number of hydrogen-bond acceptors (Lipinski definition) is 4. The van der Waals surface area contributed by atoms with Gasteiger partial charge in [0, 0.05) is 19.1 Å². The Kier molecular flexibility index (Phi) is 7.43. The van der Waals surface area contributed by atoms with Gasteiger partial charge in [-0.3, -0.25) is 4.79 Å². The molecule has 0 heterocycles. The first-order chi connectivity index (χ1) is 8.14. The molecular weight excluding hydrogens is 230 g/mol. The summed E-state index contributed by atoms with van der Waals surface area (Å²) in [6.45, 7) is 9.08. The van der Waals surface area contributed by atoms with Crippen LogP contribution >= 0.6 is 0 Å². The van der Waals surface area contributed by atoms with Crippen LogP contribution in [0.5, 0.6) is 0 Å². The van der Waals surface area contributed by atoms with Crippen molar-refractivity contribution >= 4 is 5.91 Å². The molecule has 0 spiro atoms. The zero-order valence-electron chi connectivity index (χ0n) is 12.6. The second-order valence-electron chi connectivity index (χ2n) is 5.94. The van der Waals surface area contributed by atoms with Crippen molar-refractivity contribution in [1.29, 1.82) is 0 Å². The Balaban J connectivity index is 3.87. The van der Waals surface area contributed by atoms with Crippen molar-refractivity contribution in [3.8, 4) is 0 Å². The highest BCUT2D eigenvalue weighted by Gasteiger charge is 2.21. The maximum atomic E-state index is 11.6. The molecule has 0 bridgehead atoms. The molecule has 1 amide bonds. The molecule has 0 aliphatic heterocycles. The quantitative estimate of drug-likeness (QED) is 0.576. The van der Waals surface area contributed by atoms with Crippen LogP contribution in [0.4, 0.5) is 0 Å². The van der Waals surface area contributed by atoms with Gasteiger partial charge >= 0.3 is 0 Å². The minimum Gasteiger partial charge on any atom is -0.388 e. The first kappa shape index (κ1) is 17.4. The smallest absolute Gasteiger partial charge is 0.234 e. The van der Waals surface area contributed by atoms with Gasteiger partial charge in [0.1, 0.15) is 0 Å². The molecule has 0 aromatic rings. The number of hydrogen-bond donors (Lipinski definition) is 3. The third kappa shape index (κ3) is 8.44. The number of carbonyl (C=O) groups excluding carboxylic acids is 1. The van der Waals surface area contributed by atoms with E-state index < -0.39 is 5.60 Å². The molecule has 2 unspecified atom stereocenters. The summed E-state index contributed by atoms with van der Waals surface area (Å²) in [6, 6.07) is 0.168. The maximum absolute atomic E-state index is 11.6. The fraction of sp³-hybridized carbons (Fsp3) is 0.923. The summed E-state index contributed by atoms with van der Waals surface area (Å²) >= 11 is 0. The van der Waals surface area contributed by atoms with Crippen LogP contribution in [0.15, 0.2) is 0 Å². The van der Waals surface area contributed by atoms with Gasteiger partial charge in [0.15, 0.2) is 0 Å². The zero-order valence-corrected chi connectivity index (χ0v) is 12.6. The van der Waals surface area contributed by atoms with Crippen LogP contribution in [0, 0.1) is 5.92 Å². The summed E-state index contributed by atoms with van der Waals surface area (Å²) in [5.41, 5.74) is -0.826. The Bertz CT molecular complexity index is 253. The summed E-state index contributed by atoms with van der Waals surface area (Å²) in [4.78, 5) is 13.5. The van der Waals surface area contributed by atoms with Crippen LogP contribution in [0.2, 0.25) is 0 Å². The van der Waals surface area contributed by atoms with Gasteiger partial charge in [-0.15, -0.1) is 0 Å². The van der Waals surface area contributed by atoms with Crippen LogP contribution in [0.25, 0.3) is 0 Å². The Morgan fingerprint density at radius 1 is 1.33 bits per heavy atom. The second-order valence-corrected chi connectivity index (χ2v) is 5.94. The Labute approximate surface area is 111 Å². The van der Waals surface area contributed by atoms with E-state index in [0.29, 0.717) is 19.0 Å². The highest BCUT2D eigenvalue weighted by molar-refractivity contribution is 5.78. The van der Waals surface area contributed by atoms with E-state index in [9.17, 15) is 9.90 Å². The molecular formula is C13H29N3O2. The van der Waals surface area contributed by atoms with Crippen molar-refractivity contribution in [3.63, 3.8) is 0 Å². The Morgan fingerprint density at radius 3 is 2.33 bits per heavy atom. The number of rotatable bonds is 8. The van der Waals surface area contributed by atoms with E-state index in [2.05, 4.69) is 24.5 Å². The predicted molar refractivity (Wildman–Crippen MR) is 74.5 cm³/mol. The second kappa shape index (κ2) is 7.71. The molecule has 0 aromatic carbocycles. The molecule has 0 aliphatic rings. The van der Waals surface area contributed by atoms with Crippen molar-refractivity contribution < 1.29 is 9.90 Å². The lowest BCUT2D eigenvalue weighted by Crippen LogP contribution is -2.48. The van der Waals surface area contributed by atoms with E-state index in [4.69, 9.17) is 0 Å². The lowest BCUT2D eigenvalue weighted by Gasteiger charge is -2.27. The van der Waals surface area contributed by atoms with Gasteiger partial charge in [0.2, 0.25) is 5.91 Å². The lowest BCUT2D eigenvalue weighted by molar-refractivity contribution is -0.121. The highest BCUT2D eigenvalue weighted by atomic mass is 16.3. The van der Waals surface area contributed by atoms with Crippen molar-refractivity contribution in [1.82, 2.24) is 15.5 Å². The van der Waals surface area contributed by atoms with Crippen molar-refractivity contribution in [2.24, 2.45) is 5.92 Å². The summed E-state index contributed by atoms with van der Waals surface area (Å²) in [5.74, 6) is 0.391. The fourth-order valence-electron chi connectivity index (χ4n) is 1.65. The van der Waals surface area contributed by atoms with Gasteiger partial charge in [-0.1, -0.05) is 13.8 Å². The van der Waals surface area contributed by atoms with Gasteiger partial charge in [0.25, 0.3) is 0 Å². The molecule has 0 aromatic heterocycles. The van der Waals surface area contributed by atoms with Gasteiger partial charge < -0.3 is 20.6 Å². The third-order valence-corrected chi connectivity index (χ3v) is 2.84. The monoisotopic (exact) mass is 259 g/mol. The standard InChI is InChI=1S/C13H29N3O2/c1-10(2)11(3)15-12(17)7-14-8-13(4,18)9-16(5)6/h10-11,14,18H,7-9H2,1-6H3,(H,15,17).